The van der Waals surface area contributed by atoms with E-state index in [9.17, 15) is 0 Å². The second-order valence-corrected chi connectivity index (χ2v) is 7.02. The molecule has 0 radical (unpaired) electrons. The van der Waals surface area contributed by atoms with E-state index in [1.54, 1.807) is 0 Å². The maximum Gasteiger partial charge on any atom is 0.226 e. The van der Waals surface area contributed by atoms with Crippen molar-refractivity contribution in [3.63, 3.8) is 0 Å². The number of oxazole rings is 1. The molecular formula is C23H26N2O2. The Labute approximate surface area is 160 Å². The van der Waals surface area contributed by atoms with Crippen molar-refractivity contribution in [2.45, 2.75) is 39.3 Å². The first-order valence-electron chi connectivity index (χ1n) is 9.73. The fraction of sp³-hybridized carbons (Fsp3) is 0.348. The highest BCUT2D eigenvalue weighted by Gasteiger charge is 2.27. The average Bonchev–Trinajstić information content (AvgIpc) is 3.31. The highest BCUT2D eigenvalue weighted by molar-refractivity contribution is 5.53. The molecule has 0 saturated carbocycles. The molecule has 1 aliphatic rings. The molecule has 1 aromatic heterocycles. The summed E-state index contributed by atoms with van der Waals surface area (Å²) in [7, 11) is 0. The van der Waals surface area contributed by atoms with Gasteiger partial charge in [0.05, 0.1) is 12.3 Å². The third kappa shape index (κ3) is 3.91. The quantitative estimate of drug-likeness (QED) is 0.590. The molecule has 4 rings (SSSR count). The topological polar surface area (TPSA) is 38.5 Å². The number of ether oxygens (including phenoxy) is 1. The fourth-order valence-electron chi connectivity index (χ4n) is 3.82. The van der Waals surface area contributed by atoms with Crippen LogP contribution in [0.15, 0.2) is 59.0 Å². The van der Waals surface area contributed by atoms with E-state index in [4.69, 9.17) is 14.1 Å². The molecule has 0 N–H and O–H groups in total. The van der Waals surface area contributed by atoms with E-state index in [1.165, 1.54) is 18.4 Å². The third-order valence-corrected chi connectivity index (χ3v) is 5.21. The van der Waals surface area contributed by atoms with Crippen LogP contribution in [-0.4, -0.2) is 23.0 Å². The molecule has 1 fully saturated rings. The van der Waals surface area contributed by atoms with Crippen LogP contribution >= 0.6 is 0 Å². The van der Waals surface area contributed by atoms with Gasteiger partial charge in [-0.05, 0) is 63.1 Å². The Balaban J connectivity index is 1.51. The summed E-state index contributed by atoms with van der Waals surface area (Å²) in [6.45, 7) is 6.63. The third-order valence-electron chi connectivity index (χ3n) is 5.21. The molecule has 1 aliphatic heterocycles. The lowest BCUT2D eigenvalue weighted by Gasteiger charge is -2.24. The summed E-state index contributed by atoms with van der Waals surface area (Å²) in [5, 5.41) is 0. The Kier molecular flexibility index (Phi) is 5.26. The smallest absolute Gasteiger partial charge is 0.226 e. The Bertz CT molecular complexity index is 871. The number of aryl methyl sites for hydroxylation is 1. The van der Waals surface area contributed by atoms with E-state index in [-0.39, 0.29) is 0 Å². The van der Waals surface area contributed by atoms with Gasteiger partial charge in [0, 0.05) is 18.2 Å². The lowest BCUT2D eigenvalue weighted by molar-refractivity contribution is 0.244. The first-order chi connectivity index (χ1) is 13.2. The molecule has 1 atom stereocenters. The van der Waals surface area contributed by atoms with Crippen LogP contribution in [0.1, 0.15) is 42.8 Å². The SMILES string of the molecule is CCOc1ccc(C2CCCN2Cc2nc(-c3ccccc3)oc2C)cc1. The van der Waals surface area contributed by atoms with E-state index < -0.39 is 0 Å². The van der Waals surface area contributed by atoms with Gasteiger partial charge in [0.15, 0.2) is 0 Å². The maximum absolute atomic E-state index is 5.94. The lowest BCUT2D eigenvalue weighted by Crippen LogP contribution is -2.23. The van der Waals surface area contributed by atoms with E-state index in [0.29, 0.717) is 18.5 Å². The summed E-state index contributed by atoms with van der Waals surface area (Å²) < 4.78 is 11.5. The van der Waals surface area contributed by atoms with E-state index in [2.05, 4.69) is 29.2 Å². The number of hydrogen-bond acceptors (Lipinski definition) is 4. The molecule has 1 unspecified atom stereocenters. The number of hydrogen-bond donors (Lipinski definition) is 0. The van der Waals surface area contributed by atoms with Gasteiger partial charge in [-0.15, -0.1) is 0 Å². The first-order valence-corrected chi connectivity index (χ1v) is 9.73. The zero-order valence-corrected chi connectivity index (χ0v) is 16.0. The minimum Gasteiger partial charge on any atom is -0.494 e. The second kappa shape index (κ2) is 7.97. The molecule has 2 heterocycles. The van der Waals surface area contributed by atoms with Crippen LogP contribution in [0.5, 0.6) is 5.75 Å². The predicted octanol–water partition coefficient (Wildman–Crippen LogP) is 5.39. The Morgan fingerprint density at radius 2 is 1.89 bits per heavy atom. The summed E-state index contributed by atoms with van der Waals surface area (Å²) in [4.78, 5) is 7.29. The molecule has 0 amide bonds. The first kappa shape index (κ1) is 17.8. The van der Waals surface area contributed by atoms with Crippen molar-refractivity contribution in [1.29, 1.82) is 0 Å². The predicted molar refractivity (Wildman–Crippen MR) is 107 cm³/mol. The highest BCUT2D eigenvalue weighted by Crippen LogP contribution is 2.34. The van der Waals surface area contributed by atoms with Crippen LogP contribution in [0.4, 0.5) is 0 Å². The molecule has 4 heteroatoms. The van der Waals surface area contributed by atoms with Gasteiger partial charge in [-0.1, -0.05) is 30.3 Å². The molecule has 140 valence electrons. The number of aromatic nitrogens is 1. The Hall–Kier alpha value is -2.59. The van der Waals surface area contributed by atoms with Gasteiger partial charge >= 0.3 is 0 Å². The zero-order valence-electron chi connectivity index (χ0n) is 16.0. The Morgan fingerprint density at radius 3 is 2.63 bits per heavy atom. The normalized spacial score (nSPS) is 17.3. The van der Waals surface area contributed by atoms with Crippen LogP contribution < -0.4 is 4.74 Å². The number of rotatable bonds is 6. The molecule has 2 aromatic carbocycles. The number of benzene rings is 2. The van der Waals surface area contributed by atoms with E-state index >= 15 is 0 Å². The summed E-state index contributed by atoms with van der Waals surface area (Å²) >= 11 is 0. The minimum atomic E-state index is 0.428. The largest absolute Gasteiger partial charge is 0.494 e. The van der Waals surface area contributed by atoms with Gasteiger partial charge in [-0.2, -0.15) is 0 Å². The second-order valence-electron chi connectivity index (χ2n) is 7.02. The van der Waals surface area contributed by atoms with E-state index in [1.807, 2.05) is 44.2 Å². The maximum atomic E-state index is 5.94. The van der Waals surface area contributed by atoms with Crippen LogP contribution in [-0.2, 0) is 6.54 Å². The van der Waals surface area contributed by atoms with Gasteiger partial charge in [0.1, 0.15) is 11.5 Å². The zero-order chi connectivity index (χ0) is 18.6. The van der Waals surface area contributed by atoms with Gasteiger partial charge < -0.3 is 9.15 Å². The number of likely N-dealkylation sites (tertiary alicyclic amines) is 1. The van der Waals surface area contributed by atoms with Crippen molar-refractivity contribution in [1.82, 2.24) is 9.88 Å². The summed E-state index contributed by atoms with van der Waals surface area (Å²) in [5.74, 6) is 2.55. The molecule has 4 nitrogen and oxygen atoms in total. The van der Waals surface area contributed by atoms with Crippen molar-refractivity contribution in [3.8, 4) is 17.2 Å². The van der Waals surface area contributed by atoms with Crippen molar-refractivity contribution < 1.29 is 9.15 Å². The van der Waals surface area contributed by atoms with Gasteiger partial charge in [-0.3, -0.25) is 4.90 Å². The highest BCUT2D eigenvalue weighted by atomic mass is 16.5. The van der Waals surface area contributed by atoms with Crippen LogP contribution in [0, 0.1) is 6.92 Å². The molecule has 27 heavy (non-hydrogen) atoms. The molecule has 0 spiro atoms. The van der Waals surface area contributed by atoms with Crippen molar-refractivity contribution >= 4 is 0 Å². The van der Waals surface area contributed by atoms with Crippen molar-refractivity contribution in [3.05, 3.63) is 71.6 Å². The summed E-state index contributed by atoms with van der Waals surface area (Å²) in [6, 6.07) is 19.1. The van der Waals surface area contributed by atoms with Gasteiger partial charge in [0.25, 0.3) is 0 Å². The molecule has 3 aromatic rings. The summed E-state index contributed by atoms with van der Waals surface area (Å²) in [5.41, 5.74) is 3.41. The van der Waals surface area contributed by atoms with Crippen LogP contribution in [0.2, 0.25) is 0 Å². The molecule has 1 saturated heterocycles. The fourth-order valence-corrected chi connectivity index (χ4v) is 3.82. The Morgan fingerprint density at radius 1 is 1.11 bits per heavy atom. The monoisotopic (exact) mass is 362 g/mol. The molecule has 0 bridgehead atoms. The van der Waals surface area contributed by atoms with Crippen molar-refractivity contribution in [2.24, 2.45) is 0 Å². The molecule has 0 aliphatic carbocycles. The molecular weight excluding hydrogens is 336 g/mol. The van der Waals surface area contributed by atoms with Gasteiger partial charge in [-0.25, -0.2) is 4.98 Å². The van der Waals surface area contributed by atoms with Crippen molar-refractivity contribution in [2.75, 3.05) is 13.2 Å². The summed E-state index contributed by atoms with van der Waals surface area (Å²) in [6.07, 6.45) is 2.39. The van der Waals surface area contributed by atoms with Crippen LogP contribution in [0.3, 0.4) is 0 Å². The van der Waals surface area contributed by atoms with Crippen LogP contribution in [0.25, 0.3) is 11.5 Å². The lowest BCUT2D eigenvalue weighted by atomic mass is 10.0. The standard InChI is InChI=1S/C23H26N2O2/c1-3-26-20-13-11-18(12-14-20)22-10-7-15-25(22)16-21-17(2)27-23(24-21)19-8-5-4-6-9-19/h4-6,8-9,11-14,22H,3,7,10,15-16H2,1-2H3. The average molecular weight is 362 g/mol. The number of nitrogens with zero attached hydrogens (tertiary/aromatic N) is 2. The minimum absolute atomic E-state index is 0.428. The van der Waals surface area contributed by atoms with E-state index in [0.717, 1.165) is 35.9 Å². The van der Waals surface area contributed by atoms with Gasteiger partial charge in [0.2, 0.25) is 5.89 Å².